The minimum absolute atomic E-state index is 0.250. The predicted octanol–water partition coefficient (Wildman–Crippen LogP) is 1.96. The average Bonchev–Trinajstić information content (AvgIpc) is 2.93. The normalized spacial score (nSPS) is 10.7. The monoisotopic (exact) mass is 272 g/mol. The number of aromatic nitrogens is 3. The van der Waals surface area contributed by atoms with Crippen LogP contribution in [0, 0.1) is 0 Å². The Balaban J connectivity index is 2.06. The van der Waals surface area contributed by atoms with Gasteiger partial charge < -0.3 is 10.1 Å². The van der Waals surface area contributed by atoms with Gasteiger partial charge in [-0.25, -0.2) is 0 Å². The molecular weight excluding hydrogens is 256 g/mol. The number of amides is 1. The summed E-state index contributed by atoms with van der Waals surface area (Å²) in [6.07, 6.45) is 8.01. The molecule has 0 saturated carbocycles. The van der Waals surface area contributed by atoms with Crippen LogP contribution in [0.3, 0.4) is 0 Å². The molecule has 0 fully saturated rings. The molecule has 0 aromatic carbocycles. The fourth-order valence-electron chi connectivity index (χ4n) is 1.74. The third-order valence-corrected chi connectivity index (χ3v) is 2.71. The molecule has 0 unspecified atom stereocenters. The maximum Gasteiger partial charge on any atom is 0.248 e. The van der Waals surface area contributed by atoms with Gasteiger partial charge in [-0.15, -0.1) is 0 Å². The van der Waals surface area contributed by atoms with E-state index in [1.807, 2.05) is 13.0 Å². The lowest BCUT2D eigenvalue weighted by Crippen LogP contribution is -2.09. The summed E-state index contributed by atoms with van der Waals surface area (Å²) in [5.74, 6) is 0.320. The number of aryl methyl sites for hydroxylation is 1. The highest BCUT2D eigenvalue weighted by Gasteiger charge is 2.05. The molecule has 2 aromatic rings. The van der Waals surface area contributed by atoms with Gasteiger partial charge >= 0.3 is 0 Å². The van der Waals surface area contributed by atoms with Gasteiger partial charge in [0.15, 0.2) is 0 Å². The van der Waals surface area contributed by atoms with Crippen LogP contribution < -0.4 is 10.1 Å². The molecule has 6 nitrogen and oxygen atoms in total. The number of hydrogen-bond acceptors (Lipinski definition) is 4. The zero-order chi connectivity index (χ0) is 14.4. The van der Waals surface area contributed by atoms with Gasteiger partial charge in [-0.3, -0.25) is 14.5 Å². The fraction of sp³-hybridized carbons (Fsp3) is 0.214. The van der Waals surface area contributed by atoms with Crippen molar-refractivity contribution >= 4 is 17.7 Å². The number of carbonyl (C=O) groups excluding carboxylic acids is 1. The number of anilines is 1. The minimum Gasteiger partial charge on any atom is -0.494 e. The van der Waals surface area contributed by atoms with Crippen molar-refractivity contribution in [1.29, 1.82) is 0 Å². The Morgan fingerprint density at radius 2 is 2.30 bits per heavy atom. The second-order valence-electron chi connectivity index (χ2n) is 3.97. The van der Waals surface area contributed by atoms with Crippen LogP contribution in [-0.2, 0) is 11.3 Å². The van der Waals surface area contributed by atoms with Crippen molar-refractivity contribution < 1.29 is 9.53 Å². The number of nitrogens with zero attached hydrogens (tertiary/aromatic N) is 3. The van der Waals surface area contributed by atoms with Crippen molar-refractivity contribution in [2.45, 2.75) is 13.5 Å². The van der Waals surface area contributed by atoms with Crippen LogP contribution in [0.2, 0.25) is 0 Å². The number of rotatable bonds is 5. The third-order valence-electron chi connectivity index (χ3n) is 2.71. The van der Waals surface area contributed by atoms with Crippen molar-refractivity contribution in [2.75, 3.05) is 12.4 Å². The summed E-state index contributed by atoms with van der Waals surface area (Å²) >= 11 is 0. The topological polar surface area (TPSA) is 69.0 Å². The second-order valence-corrected chi connectivity index (χ2v) is 3.97. The van der Waals surface area contributed by atoms with E-state index in [0.29, 0.717) is 11.4 Å². The SMILES string of the molecule is CCn1nccc1C=CC(=O)Nc1cnccc1OC. The van der Waals surface area contributed by atoms with Crippen LogP contribution in [0.5, 0.6) is 5.75 Å². The quantitative estimate of drug-likeness (QED) is 0.845. The van der Waals surface area contributed by atoms with Gasteiger partial charge in [0, 0.05) is 31.1 Å². The van der Waals surface area contributed by atoms with Gasteiger partial charge in [-0.05, 0) is 19.1 Å². The van der Waals surface area contributed by atoms with Crippen LogP contribution in [0.1, 0.15) is 12.6 Å². The van der Waals surface area contributed by atoms with Gasteiger partial charge in [0.2, 0.25) is 5.91 Å². The zero-order valence-electron chi connectivity index (χ0n) is 11.4. The lowest BCUT2D eigenvalue weighted by molar-refractivity contribution is -0.111. The first-order valence-electron chi connectivity index (χ1n) is 6.23. The number of pyridine rings is 1. The average molecular weight is 272 g/mol. The van der Waals surface area contributed by atoms with Gasteiger partial charge in [0.1, 0.15) is 11.4 Å². The number of nitrogens with one attached hydrogen (secondary N) is 1. The first-order chi connectivity index (χ1) is 9.74. The van der Waals surface area contributed by atoms with E-state index in [4.69, 9.17) is 4.74 Å². The Labute approximate surface area is 117 Å². The molecule has 0 saturated heterocycles. The molecular formula is C14H16N4O2. The molecule has 0 atom stereocenters. The van der Waals surface area contributed by atoms with E-state index in [-0.39, 0.29) is 5.91 Å². The van der Waals surface area contributed by atoms with Gasteiger partial charge in [0.25, 0.3) is 0 Å². The van der Waals surface area contributed by atoms with E-state index in [9.17, 15) is 4.79 Å². The molecule has 0 bridgehead atoms. The molecule has 0 spiro atoms. The lowest BCUT2D eigenvalue weighted by atomic mass is 10.3. The molecule has 0 radical (unpaired) electrons. The van der Waals surface area contributed by atoms with E-state index in [2.05, 4.69) is 15.4 Å². The molecule has 1 N–H and O–H groups in total. The van der Waals surface area contributed by atoms with Crippen LogP contribution in [0.25, 0.3) is 6.08 Å². The zero-order valence-corrected chi connectivity index (χ0v) is 11.4. The molecule has 2 rings (SSSR count). The Morgan fingerprint density at radius 3 is 3.05 bits per heavy atom. The van der Waals surface area contributed by atoms with E-state index in [0.717, 1.165) is 12.2 Å². The third kappa shape index (κ3) is 3.23. The van der Waals surface area contributed by atoms with E-state index >= 15 is 0 Å². The molecule has 2 aromatic heterocycles. The minimum atomic E-state index is -0.250. The van der Waals surface area contributed by atoms with E-state index in [1.165, 1.54) is 6.08 Å². The molecule has 20 heavy (non-hydrogen) atoms. The smallest absolute Gasteiger partial charge is 0.248 e. The van der Waals surface area contributed by atoms with E-state index < -0.39 is 0 Å². The molecule has 1 amide bonds. The van der Waals surface area contributed by atoms with Crippen molar-refractivity contribution in [3.63, 3.8) is 0 Å². The maximum atomic E-state index is 11.9. The molecule has 0 aliphatic carbocycles. The Bertz CT molecular complexity index is 619. The highest BCUT2D eigenvalue weighted by atomic mass is 16.5. The van der Waals surface area contributed by atoms with E-state index in [1.54, 1.807) is 42.5 Å². The number of ether oxygens (including phenoxy) is 1. The summed E-state index contributed by atoms with van der Waals surface area (Å²) < 4.78 is 6.94. The fourth-order valence-corrected chi connectivity index (χ4v) is 1.74. The Hall–Kier alpha value is -2.63. The summed E-state index contributed by atoms with van der Waals surface area (Å²) in [5, 5.41) is 6.85. The van der Waals surface area contributed by atoms with Gasteiger partial charge in [-0.1, -0.05) is 0 Å². The highest BCUT2D eigenvalue weighted by Crippen LogP contribution is 2.21. The summed E-state index contributed by atoms with van der Waals surface area (Å²) in [6, 6.07) is 3.53. The molecule has 6 heteroatoms. The summed E-state index contributed by atoms with van der Waals surface area (Å²) in [6.45, 7) is 2.75. The second kappa shape index (κ2) is 6.51. The van der Waals surface area contributed by atoms with Crippen LogP contribution >= 0.6 is 0 Å². The first-order valence-corrected chi connectivity index (χ1v) is 6.23. The maximum absolute atomic E-state index is 11.9. The van der Waals surface area contributed by atoms with Gasteiger partial charge in [-0.2, -0.15) is 5.10 Å². The Kier molecular flexibility index (Phi) is 4.49. The summed E-state index contributed by atoms with van der Waals surface area (Å²) in [5.41, 5.74) is 1.41. The van der Waals surface area contributed by atoms with Crippen LogP contribution in [0.15, 0.2) is 36.8 Å². The predicted molar refractivity (Wildman–Crippen MR) is 76.4 cm³/mol. The lowest BCUT2D eigenvalue weighted by Gasteiger charge is -2.07. The van der Waals surface area contributed by atoms with Gasteiger partial charge in [0.05, 0.1) is 19.0 Å². The summed E-state index contributed by atoms with van der Waals surface area (Å²) in [7, 11) is 1.54. The number of methoxy groups -OCH3 is 1. The summed E-state index contributed by atoms with van der Waals surface area (Å²) in [4.78, 5) is 15.8. The molecule has 0 aliphatic rings. The number of carbonyl (C=O) groups is 1. The van der Waals surface area contributed by atoms with Crippen LogP contribution in [-0.4, -0.2) is 27.8 Å². The van der Waals surface area contributed by atoms with Crippen molar-refractivity contribution in [1.82, 2.24) is 14.8 Å². The Morgan fingerprint density at radius 1 is 1.45 bits per heavy atom. The largest absolute Gasteiger partial charge is 0.494 e. The first kappa shape index (κ1) is 13.8. The highest BCUT2D eigenvalue weighted by molar-refractivity contribution is 6.02. The van der Waals surface area contributed by atoms with Crippen molar-refractivity contribution in [2.24, 2.45) is 0 Å². The molecule has 104 valence electrons. The van der Waals surface area contributed by atoms with Crippen molar-refractivity contribution in [3.05, 3.63) is 42.5 Å². The standard InChI is InChI=1S/C14H16N4O2/c1-3-18-11(6-9-16-18)4-5-14(19)17-12-10-15-8-7-13(12)20-2/h4-10H,3H2,1-2H3,(H,17,19). The number of hydrogen-bond donors (Lipinski definition) is 1. The van der Waals surface area contributed by atoms with Crippen LogP contribution in [0.4, 0.5) is 5.69 Å². The molecule has 0 aliphatic heterocycles. The van der Waals surface area contributed by atoms with Crippen molar-refractivity contribution in [3.8, 4) is 5.75 Å². The molecule has 2 heterocycles.